The third-order valence-electron chi connectivity index (χ3n) is 3.39. The number of carbonyl (C=O) groups is 1. The van der Waals surface area contributed by atoms with E-state index in [1.165, 1.54) is 0 Å². The van der Waals surface area contributed by atoms with Crippen LogP contribution < -0.4 is 0 Å². The second-order valence-electron chi connectivity index (χ2n) is 5.29. The van der Waals surface area contributed by atoms with Gasteiger partial charge in [-0.3, -0.25) is 4.79 Å². The summed E-state index contributed by atoms with van der Waals surface area (Å²) in [5.41, 5.74) is -0.0309. The van der Waals surface area contributed by atoms with E-state index in [1.54, 1.807) is 0 Å². The Balaban J connectivity index is 2.21. The first-order valence-corrected chi connectivity index (χ1v) is 4.57. The van der Waals surface area contributed by atoms with E-state index in [0.717, 1.165) is 6.42 Å². The molecular formula is C10H16O2. The highest BCUT2D eigenvalue weighted by molar-refractivity contribution is 5.79. The smallest absolute Gasteiger partial charge is 0.310 e. The molecule has 2 rings (SSSR count). The molecule has 12 heavy (non-hydrogen) atoms. The Hall–Kier alpha value is -0.530. The van der Waals surface area contributed by atoms with Crippen molar-refractivity contribution in [2.45, 2.75) is 39.7 Å². The lowest BCUT2D eigenvalue weighted by Gasteiger charge is -2.28. The standard InChI is InChI=1S/C10H16O2/c1-9(2)5-6-7(8(11)12-9)10(6,3)4/h6-7H,5H2,1-4H3/t6?,7-/m0/s1. The first-order valence-electron chi connectivity index (χ1n) is 4.57. The Morgan fingerprint density at radius 1 is 1.33 bits per heavy atom. The molecule has 1 aliphatic carbocycles. The van der Waals surface area contributed by atoms with Crippen molar-refractivity contribution in [1.29, 1.82) is 0 Å². The summed E-state index contributed by atoms with van der Waals surface area (Å²) < 4.78 is 5.32. The van der Waals surface area contributed by atoms with Gasteiger partial charge in [-0.25, -0.2) is 0 Å². The Bertz CT molecular complexity index is 238. The van der Waals surface area contributed by atoms with E-state index in [9.17, 15) is 4.79 Å². The number of hydrogen-bond acceptors (Lipinski definition) is 2. The molecule has 2 atom stereocenters. The highest BCUT2D eigenvalue weighted by atomic mass is 16.6. The van der Waals surface area contributed by atoms with Crippen LogP contribution >= 0.6 is 0 Å². The molecular weight excluding hydrogens is 152 g/mol. The van der Waals surface area contributed by atoms with E-state index < -0.39 is 0 Å². The monoisotopic (exact) mass is 168 g/mol. The fourth-order valence-corrected chi connectivity index (χ4v) is 2.50. The molecule has 0 aromatic heterocycles. The summed E-state index contributed by atoms with van der Waals surface area (Å²) in [7, 11) is 0. The van der Waals surface area contributed by atoms with Crippen LogP contribution in [-0.4, -0.2) is 11.6 Å². The number of esters is 1. The van der Waals surface area contributed by atoms with Gasteiger partial charge in [-0.15, -0.1) is 0 Å². The molecule has 1 saturated carbocycles. The average molecular weight is 168 g/mol. The zero-order valence-electron chi connectivity index (χ0n) is 8.18. The van der Waals surface area contributed by atoms with Gasteiger partial charge in [0.25, 0.3) is 0 Å². The van der Waals surface area contributed by atoms with Gasteiger partial charge in [0, 0.05) is 0 Å². The molecule has 0 aromatic rings. The maximum atomic E-state index is 11.4. The van der Waals surface area contributed by atoms with Gasteiger partial charge >= 0.3 is 5.97 Å². The summed E-state index contributed by atoms with van der Waals surface area (Å²) in [4.78, 5) is 11.4. The lowest BCUT2D eigenvalue weighted by Crippen LogP contribution is -2.33. The number of fused-ring (bicyclic) bond motifs is 1. The van der Waals surface area contributed by atoms with Crippen LogP contribution in [0.3, 0.4) is 0 Å². The molecule has 0 bridgehead atoms. The number of ether oxygens (including phenoxy) is 1. The maximum absolute atomic E-state index is 11.4. The lowest BCUT2D eigenvalue weighted by molar-refractivity contribution is -0.164. The van der Waals surface area contributed by atoms with E-state index in [-0.39, 0.29) is 22.9 Å². The fourth-order valence-electron chi connectivity index (χ4n) is 2.50. The normalized spacial score (nSPS) is 41.5. The van der Waals surface area contributed by atoms with Crippen molar-refractivity contribution >= 4 is 5.97 Å². The van der Waals surface area contributed by atoms with Gasteiger partial charge < -0.3 is 4.74 Å². The SMILES string of the molecule is CC1(C)CC2[C@@H](C(=O)O1)C2(C)C. The average Bonchev–Trinajstić information content (AvgIpc) is 2.30. The lowest BCUT2D eigenvalue weighted by atomic mass is 9.96. The van der Waals surface area contributed by atoms with Crippen LogP contribution in [0.4, 0.5) is 0 Å². The third kappa shape index (κ3) is 0.900. The predicted molar refractivity (Wildman–Crippen MR) is 45.5 cm³/mol. The van der Waals surface area contributed by atoms with Gasteiger partial charge in [0.2, 0.25) is 0 Å². The van der Waals surface area contributed by atoms with Crippen LogP contribution in [0.25, 0.3) is 0 Å². The molecule has 2 fully saturated rings. The van der Waals surface area contributed by atoms with E-state index in [1.807, 2.05) is 13.8 Å². The van der Waals surface area contributed by atoms with Crippen LogP contribution in [0.1, 0.15) is 34.1 Å². The molecule has 0 amide bonds. The molecule has 1 saturated heterocycles. The van der Waals surface area contributed by atoms with Gasteiger partial charge in [0.05, 0.1) is 5.92 Å². The van der Waals surface area contributed by atoms with Crippen molar-refractivity contribution in [1.82, 2.24) is 0 Å². The van der Waals surface area contributed by atoms with Gasteiger partial charge in [-0.2, -0.15) is 0 Å². The molecule has 0 aromatic carbocycles. The van der Waals surface area contributed by atoms with Crippen LogP contribution in [-0.2, 0) is 9.53 Å². The summed E-state index contributed by atoms with van der Waals surface area (Å²) in [6.45, 7) is 8.31. The van der Waals surface area contributed by atoms with Crippen molar-refractivity contribution in [3.05, 3.63) is 0 Å². The minimum Gasteiger partial charge on any atom is -0.459 e. The van der Waals surface area contributed by atoms with Crippen molar-refractivity contribution < 1.29 is 9.53 Å². The molecule has 68 valence electrons. The van der Waals surface area contributed by atoms with Crippen LogP contribution in [0.2, 0.25) is 0 Å². The van der Waals surface area contributed by atoms with Crippen molar-refractivity contribution in [2.24, 2.45) is 17.3 Å². The number of cyclic esters (lactones) is 1. The van der Waals surface area contributed by atoms with E-state index in [4.69, 9.17) is 4.74 Å². The summed E-state index contributed by atoms with van der Waals surface area (Å²) in [5, 5.41) is 0. The third-order valence-corrected chi connectivity index (χ3v) is 3.39. The molecule has 0 radical (unpaired) electrons. The molecule has 1 unspecified atom stereocenters. The molecule has 2 heteroatoms. The highest BCUT2D eigenvalue weighted by Gasteiger charge is 2.66. The topological polar surface area (TPSA) is 26.3 Å². The zero-order chi connectivity index (χ0) is 9.15. The van der Waals surface area contributed by atoms with Gasteiger partial charge in [-0.1, -0.05) is 13.8 Å². The summed E-state index contributed by atoms with van der Waals surface area (Å²) in [6, 6.07) is 0. The summed E-state index contributed by atoms with van der Waals surface area (Å²) in [6.07, 6.45) is 1.02. The molecule has 2 aliphatic rings. The molecule has 0 spiro atoms. The predicted octanol–water partition coefficient (Wildman–Crippen LogP) is 1.98. The first-order chi connectivity index (χ1) is 5.34. The summed E-state index contributed by atoms with van der Waals surface area (Å²) in [5.74, 6) is 0.764. The Labute approximate surface area is 73.3 Å². The first kappa shape index (κ1) is 8.09. The van der Waals surface area contributed by atoms with Gasteiger partial charge in [-0.05, 0) is 31.6 Å². The Morgan fingerprint density at radius 2 is 1.92 bits per heavy atom. The quantitative estimate of drug-likeness (QED) is 0.517. The van der Waals surface area contributed by atoms with Crippen molar-refractivity contribution in [3.63, 3.8) is 0 Å². The molecule has 1 heterocycles. The van der Waals surface area contributed by atoms with Crippen molar-refractivity contribution in [2.75, 3.05) is 0 Å². The number of rotatable bonds is 0. The van der Waals surface area contributed by atoms with Crippen molar-refractivity contribution in [3.8, 4) is 0 Å². The zero-order valence-corrected chi connectivity index (χ0v) is 8.18. The fraction of sp³-hybridized carbons (Fsp3) is 0.900. The van der Waals surface area contributed by atoms with E-state index in [0.29, 0.717) is 5.92 Å². The largest absolute Gasteiger partial charge is 0.459 e. The second-order valence-corrected chi connectivity index (χ2v) is 5.29. The summed E-state index contributed by atoms with van der Waals surface area (Å²) >= 11 is 0. The highest BCUT2D eigenvalue weighted by Crippen LogP contribution is 2.64. The van der Waals surface area contributed by atoms with Gasteiger partial charge in [0.15, 0.2) is 0 Å². The molecule has 0 N–H and O–H groups in total. The number of carbonyl (C=O) groups excluding carboxylic acids is 1. The van der Waals surface area contributed by atoms with Crippen LogP contribution in [0.15, 0.2) is 0 Å². The minimum atomic E-state index is -0.230. The Morgan fingerprint density at radius 3 is 2.42 bits per heavy atom. The van der Waals surface area contributed by atoms with E-state index >= 15 is 0 Å². The van der Waals surface area contributed by atoms with Gasteiger partial charge in [0.1, 0.15) is 5.60 Å². The molecule has 2 nitrogen and oxygen atoms in total. The van der Waals surface area contributed by atoms with E-state index in [2.05, 4.69) is 13.8 Å². The van der Waals surface area contributed by atoms with Crippen LogP contribution in [0, 0.1) is 17.3 Å². The minimum absolute atomic E-state index is 0.0150. The number of hydrogen-bond donors (Lipinski definition) is 0. The Kier molecular flexibility index (Phi) is 1.25. The second kappa shape index (κ2) is 1.86. The molecule has 1 aliphatic heterocycles. The maximum Gasteiger partial charge on any atom is 0.310 e. The van der Waals surface area contributed by atoms with Crippen LogP contribution in [0.5, 0.6) is 0 Å².